The summed E-state index contributed by atoms with van der Waals surface area (Å²) in [6, 6.07) is 6.33. The van der Waals surface area contributed by atoms with Gasteiger partial charge in [-0.25, -0.2) is 0 Å². The number of benzene rings is 1. The predicted molar refractivity (Wildman–Crippen MR) is 86.7 cm³/mol. The molecule has 104 valence electrons. The zero-order valence-corrected chi connectivity index (χ0v) is 12.8. The van der Waals surface area contributed by atoms with Gasteiger partial charge in [-0.05, 0) is 56.9 Å². The van der Waals surface area contributed by atoms with E-state index >= 15 is 0 Å². The summed E-state index contributed by atoms with van der Waals surface area (Å²) >= 11 is 0. The first-order valence-corrected chi connectivity index (χ1v) is 6.96. The number of rotatable bonds is 3. The van der Waals surface area contributed by atoms with Gasteiger partial charge in [-0.2, -0.15) is 0 Å². The van der Waals surface area contributed by atoms with Crippen molar-refractivity contribution in [1.29, 1.82) is 0 Å². The van der Waals surface area contributed by atoms with Crippen molar-refractivity contribution < 1.29 is 4.74 Å². The van der Waals surface area contributed by atoms with Gasteiger partial charge in [0.25, 0.3) is 0 Å². The lowest BCUT2D eigenvalue weighted by Crippen LogP contribution is -1.97. The maximum absolute atomic E-state index is 5.80. The standard InChI is InChI=1S/C19H22O/c1-13(2)20-19-12-15(4)9-10-18(19)16(5)17-8-6-7-14(3)11-17/h6-7,9-12H,1,8H2,2-5H3/b17-16+. The third-order valence-electron chi connectivity index (χ3n) is 3.43. The minimum Gasteiger partial charge on any atom is -0.462 e. The average Bonchev–Trinajstić information content (AvgIpc) is 2.37. The normalized spacial score (nSPS) is 16.7. The Hall–Kier alpha value is -2.02. The summed E-state index contributed by atoms with van der Waals surface area (Å²) in [5, 5.41) is 0. The van der Waals surface area contributed by atoms with Gasteiger partial charge in [-0.3, -0.25) is 0 Å². The van der Waals surface area contributed by atoms with Crippen LogP contribution in [0.5, 0.6) is 5.75 Å². The largest absolute Gasteiger partial charge is 0.462 e. The van der Waals surface area contributed by atoms with Crippen molar-refractivity contribution in [3.63, 3.8) is 0 Å². The van der Waals surface area contributed by atoms with Gasteiger partial charge in [0, 0.05) is 5.56 Å². The van der Waals surface area contributed by atoms with Crippen LogP contribution in [0.15, 0.2) is 59.9 Å². The molecule has 1 aromatic rings. The number of hydrogen-bond donors (Lipinski definition) is 0. The molecule has 0 heterocycles. The minimum atomic E-state index is 0.713. The van der Waals surface area contributed by atoms with E-state index in [2.05, 4.69) is 63.8 Å². The van der Waals surface area contributed by atoms with Gasteiger partial charge in [0.15, 0.2) is 0 Å². The molecule has 0 fully saturated rings. The second-order valence-electron chi connectivity index (χ2n) is 5.45. The Morgan fingerprint density at radius 2 is 1.95 bits per heavy atom. The Kier molecular flexibility index (Phi) is 4.29. The zero-order valence-electron chi connectivity index (χ0n) is 12.8. The number of aryl methyl sites for hydroxylation is 1. The van der Waals surface area contributed by atoms with Crippen molar-refractivity contribution in [1.82, 2.24) is 0 Å². The molecule has 0 radical (unpaired) electrons. The van der Waals surface area contributed by atoms with Gasteiger partial charge < -0.3 is 4.74 Å². The average molecular weight is 266 g/mol. The quantitative estimate of drug-likeness (QED) is 0.648. The molecule has 20 heavy (non-hydrogen) atoms. The fourth-order valence-electron chi connectivity index (χ4n) is 2.40. The summed E-state index contributed by atoms with van der Waals surface area (Å²) in [7, 11) is 0. The molecule has 1 nitrogen and oxygen atoms in total. The van der Waals surface area contributed by atoms with E-state index < -0.39 is 0 Å². The smallest absolute Gasteiger partial charge is 0.134 e. The van der Waals surface area contributed by atoms with E-state index in [4.69, 9.17) is 4.74 Å². The first kappa shape index (κ1) is 14.4. The van der Waals surface area contributed by atoms with Crippen molar-refractivity contribution in [3.8, 4) is 5.75 Å². The molecule has 1 heteroatoms. The van der Waals surface area contributed by atoms with Crippen molar-refractivity contribution in [2.75, 3.05) is 0 Å². The maximum Gasteiger partial charge on any atom is 0.134 e. The summed E-state index contributed by atoms with van der Waals surface area (Å²) in [4.78, 5) is 0. The molecule has 0 bridgehead atoms. The Morgan fingerprint density at radius 3 is 2.60 bits per heavy atom. The lowest BCUT2D eigenvalue weighted by molar-refractivity contribution is 0.429. The highest BCUT2D eigenvalue weighted by molar-refractivity contribution is 5.74. The molecule has 1 aliphatic rings. The maximum atomic E-state index is 5.80. The Bertz CT molecular complexity index is 627. The molecule has 0 N–H and O–H groups in total. The van der Waals surface area contributed by atoms with Crippen LogP contribution in [0.25, 0.3) is 5.57 Å². The fraction of sp³-hybridized carbons (Fsp3) is 0.263. The van der Waals surface area contributed by atoms with Crippen LogP contribution in [0.3, 0.4) is 0 Å². The van der Waals surface area contributed by atoms with Gasteiger partial charge in [0.1, 0.15) is 5.75 Å². The van der Waals surface area contributed by atoms with Crippen LogP contribution < -0.4 is 4.74 Å². The second kappa shape index (κ2) is 5.96. The molecule has 0 spiro atoms. The predicted octanol–water partition coefficient (Wildman–Crippen LogP) is 5.59. The second-order valence-corrected chi connectivity index (χ2v) is 5.45. The monoisotopic (exact) mass is 266 g/mol. The van der Waals surface area contributed by atoms with Gasteiger partial charge in [-0.15, -0.1) is 0 Å². The molecule has 0 aromatic heterocycles. The van der Waals surface area contributed by atoms with Crippen LogP contribution in [-0.4, -0.2) is 0 Å². The molecule has 0 amide bonds. The Balaban J connectivity index is 2.49. The lowest BCUT2D eigenvalue weighted by atomic mass is 9.93. The summed E-state index contributed by atoms with van der Waals surface area (Å²) in [6.07, 6.45) is 7.60. The number of hydrogen-bond acceptors (Lipinski definition) is 1. The molecular weight excluding hydrogens is 244 g/mol. The first-order valence-electron chi connectivity index (χ1n) is 6.96. The van der Waals surface area contributed by atoms with Crippen molar-refractivity contribution in [3.05, 3.63) is 71.0 Å². The van der Waals surface area contributed by atoms with Gasteiger partial charge in [-0.1, -0.05) is 42.5 Å². The van der Waals surface area contributed by atoms with Crippen LogP contribution in [-0.2, 0) is 0 Å². The third kappa shape index (κ3) is 3.30. The van der Waals surface area contributed by atoms with E-state index in [1.54, 1.807) is 0 Å². The Labute approximate surface area is 122 Å². The summed E-state index contributed by atoms with van der Waals surface area (Å²) in [5.74, 6) is 1.60. The minimum absolute atomic E-state index is 0.713. The van der Waals surface area contributed by atoms with Crippen molar-refractivity contribution >= 4 is 5.57 Å². The number of allylic oxidation sites excluding steroid dienone is 7. The van der Waals surface area contributed by atoms with Crippen LogP contribution >= 0.6 is 0 Å². The molecule has 1 aromatic carbocycles. The van der Waals surface area contributed by atoms with Gasteiger partial charge in [0.2, 0.25) is 0 Å². The highest BCUT2D eigenvalue weighted by atomic mass is 16.5. The van der Waals surface area contributed by atoms with Crippen LogP contribution in [0.4, 0.5) is 0 Å². The molecule has 0 saturated carbocycles. The SMILES string of the molecule is C=C(C)Oc1cc(C)ccc1/C(C)=C1/C=C(C)C=CC1. The third-order valence-corrected chi connectivity index (χ3v) is 3.43. The molecular formula is C19H22O. The molecule has 1 aliphatic carbocycles. The highest BCUT2D eigenvalue weighted by Gasteiger charge is 2.11. The highest BCUT2D eigenvalue weighted by Crippen LogP contribution is 2.33. The molecule has 0 atom stereocenters. The van der Waals surface area contributed by atoms with Gasteiger partial charge in [0.05, 0.1) is 5.76 Å². The first-order chi connectivity index (χ1) is 9.47. The summed E-state index contributed by atoms with van der Waals surface area (Å²) in [6.45, 7) is 12.1. The van der Waals surface area contributed by atoms with Crippen molar-refractivity contribution in [2.24, 2.45) is 0 Å². The molecule has 0 aliphatic heterocycles. The molecule has 0 saturated heterocycles. The molecule has 0 unspecified atom stereocenters. The van der Waals surface area contributed by atoms with E-state index in [1.807, 2.05) is 6.92 Å². The van der Waals surface area contributed by atoms with E-state index in [0.29, 0.717) is 5.76 Å². The molecule has 2 rings (SSSR count). The van der Waals surface area contributed by atoms with Crippen molar-refractivity contribution in [2.45, 2.75) is 34.1 Å². The van der Waals surface area contributed by atoms with E-state index in [0.717, 1.165) is 17.7 Å². The van der Waals surface area contributed by atoms with Crippen LogP contribution in [0.2, 0.25) is 0 Å². The summed E-state index contributed by atoms with van der Waals surface area (Å²) in [5.41, 5.74) is 6.25. The lowest BCUT2D eigenvalue weighted by Gasteiger charge is -2.16. The zero-order chi connectivity index (χ0) is 14.7. The van der Waals surface area contributed by atoms with E-state index in [-0.39, 0.29) is 0 Å². The van der Waals surface area contributed by atoms with E-state index in [9.17, 15) is 0 Å². The fourth-order valence-corrected chi connectivity index (χ4v) is 2.40. The van der Waals surface area contributed by atoms with Crippen LogP contribution in [0.1, 0.15) is 38.3 Å². The van der Waals surface area contributed by atoms with Crippen LogP contribution in [0, 0.1) is 6.92 Å². The topological polar surface area (TPSA) is 9.23 Å². The summed E-state index contributed by atoms with van der Waals surface area (Å²) < 4.78 is 5.80. The van der Waals surface area contributed by atoms with Gasteiger partial charge >= 0.3 is 0 Å². The Morgan fingerprint density at radius 1 is 1.20 bits per heavy atom. The number of ether oxygens (including phenoxy) is 1. The van der Waals surface area contributed by atoms with E-state index in [1.165, 1.54) is 22.3 Å².